The molecular weight excluding hydrogens is 370 g/mol. The Morgan fingerprint density at radius 3 is 2.54 bits per heavy atom. The summed E-state index contributed by atoms with van der Waals surface area (Å²) in [5, 5.41) is 0. The summed E-state index contributed by atoms with van der Waals surface area (Å²) in [6.07, 6.45) is 3.39. The third-order valence-electron chi connectivity index (χ3n) is 3.84. The molecule has 26 heavy (non-hydrogen) atoms. The van der Waals surface area contributed by atoms with Crippen LogP contribution in [0.2, 0.25) is 0 Å². The quantitative estimate of drug-likeness (QED) is 0.591. The Labute approximate surface area is 156 Å². The molecule has 3 rings (SSSR count). The van der Waals surface area contributed by atoms with Gasteiger partial charge in [0.15, 0.2) is 5.76 Å². The van der Waals surface area contributed by atoms with Crippen LogP contribution in [0, 0.1) is 0 Å². The lowest BCUT2D eigenvalue weighted by Gasteiger charge is -2.06. The average Bonchev–Trinajstić information content (AvgIpc) is 3.32. The molecule has 136 valence electrons. The van der Waals surface area contributed by atoms with Gasteiger partial charge in [-0.05, 0) is 48.4 Å². The van der Waals surface area contributed by atoms with Gasteiger partial charge in [-0.2, -0.15) is 0 Å². The molecule has 3 aromatic rings. The van der Waals surface area contributed by atoms with Crippen molar-refractivity contribution < 1.29 is 17.6 Å². The van der Waals surface area contributed by atoms with Gasteiger partial charge in [-0.3, -0.25) is 4.79 Å². The molecule has 2 heterocycles. The van der Waals surface area contributed by atoms with Gasteiger partial charge in [-0.25, -0.2) is 13.1 Å². The van der Waals surface area contributed by atoms with Crippen LogP contribution in [-0.2, 0) is 23.0 Å². The predicted molar refractivity (Wildman–Crippen MR) is 101 cm³/mol. The molecule has 0 fully saturated rings. The second-order valence-corrected chi connectivity index (χ2v) is 8.73. The minimum atomic E-state index is -3.59. The summed E-state index contributed by atoms with van der Waals surface area (Å²) in [6.45, 7) is 2.22. The molecule has 0 spiro atoms. The van der Waals surface area contributed by atoms with Gasteiger partial charge < -0.3 is 4.42 Å². The Hall–Kier alpha value is -2.22. The van der Waals surface area contributed by atoms with E-state index in [9.17, 15) is 13.2 Å². The van der Waals surface area contributed by atoms with Gasteiger partial charge in [0, 0.05) is 11.4 Å². The molecule has 0 aliphatic rings. The van der Waals surface area contributed by atoms with Crippen LogP contribution in [0.25, 0.3) is 0 Å². The van der Waals surface area contributed by atoms with E-state index in [1.54, 1.807) is 36.4 Å². The van der Waals surface area contributed by atoms with E-state index in [0.717, 1.165) is 23.3 Å². The zero-order chi connectivity index (χ0) is 18.6. The van der Waals surface area contributed by atoms with Gasteiger partial charge in [0.1, 0.15) is 0 Å². The van der Waals surface area contributed by atoms with E-state index in [0.29, 0.717) is 4.88 Å². The van der Waals surface area contributed by atoms with E-state index in [-0.39, 0.29) is 23.0 Å². The van der Waals surface area contributed by atoms with Gasteiger partial charge in [0.05, 0.1) is 16.0 Å². The fraction of sp³-hybridized carbons (Fsp3) is 0.211. The van der Waals surface area contributed by atoms with E-state index < -0.39 is 10.0 Å². The maximum absolute atomic E-state index is 12.4. The van der Waals surface area contributed by atoms with Crippen molar-refractivity contribution in [3.05, 3.63) is 75.9 Å². The molecule has 0 unspecified atom stereocenters. The number of carbonyl (C=O) groups is 1. The number of ketones is 1. The lowest BCUT2D eigenvalue weighted by Crippen LogP contribution is -2.22. The Kier molecular flexibility index (Phi) is 5.70. The summed E-state index contributed by atoms with van der Waals surface area (Å²) < 4.78 is 32.5. The van der Waals surface area contributed by atoms with Crippen molar-refractivity contribution >= 4 is 27.1 Å². The first-order valence-electron chi connectivity index (χ1n) is 8.25. The summed E-state index contributed by atoms with van der Waals surface area (Å²) in [6, 6.07) is 13.6. The van der Waals surface area contributed by atoms with Crippen LogP contribution >= 0.6 is 11.3 Å². The van der Waals surface area contributed by atoms with Crippen LogP contribution in [-0.4, -0.2) is 14.2 Å². The number of sulfonamides is 1. The van der Waals surface area contributed by atoms with Crippen molar-refractivity contribution in [2.75, 3.05) is 0 Å². The number of rotatable bonds is 8. The molecule has 0 aliphatic heterocycles. The fourth-order valence-electron chi connectivity index (χ4n) is 2.50. The zero-order valence-corrected chi connectivity index (χ0v) is 15.9. The van der Waals surface area contributed by atoms with Crippen molar-refractivity contribution in [2.24, 2.45) is 0 Å². The monoisotopic (exact) mass is 389 g/mol. The van der Waals surface area contributed by atoms with Crippen LogP contribution in [0.5, 0.6) is 0 Å². The molecule has 0 amide bonds. The lowest BCUT2D eigenvalue weighted by atomic mass is 10.1. The van der Waals surface area contributed by atoms with E-state index in [4.69, 9.17) is 4.42 Å². The van der Waals surface area contributed by atoms with E-state index in [2.05, 4.69) is 11.6 Å². The summed E-state index contributed by atoms with van der Waals surface area (Å²) in [5.41, 5.74) is 1.12. The summed E-state index contributed by atoms with van der Waals surface area (Å²) in [7, 11) is -3.59. The molecule has 0 aliphatic carbocycles. The second kappa shape index (κ2) is 7.99. The summed E-state index contributed by atoms with van der Waals surface area (Å²) in [4.78, 5) is 13.7. The van der Waals surface area contributed by atoms with E-state index >= 15 is 0 Å². The third kappa shape index (κ3) is 4.30. The standard InChI is InChI=1S/C19H19NO4S2/c1-2-4-14-6-9-16(10-7-14)26(22,23)20-13-15-8-11-18(25-15)19(21)17-5-3-12-24-17/h3,5-12,20H,2,4,13H2,1H3. The third-order valence-corrected chi connectivity index (χ3v) is 6.34. The maximum Gasteiger partial charge on any atom is 0.240 e. The number of carbonyl (C=O) groups excluding carboxylic acids is 1. The van der Waals surface area contributed by atoms with Crippen molar-refractivity contribution in [3.63, 3.8) is 0 Å². The minimum absolute atomic E-state index is 0.134. The number of thiophene rings is 1. The number of aryl methyl sites for hydroxylation is 1. The second-order valence-electron chi connectivity index (χ2n) is 5.79. The van der Waals surface area contributed by atoms with Crippen molar-refractivity contribution in [2.45, 2.75) is 31.2 Å². The zero-order valence-electron chi connectivity index (χ0n) is 14.3. The molecule has 0 saturated carbocycles. The van der Waals surface area contributed by atoms with Crippen molar-refractivity contribution in [1.29, 1.82) is 0 Å². The Morgan fingerprint density at radius 1 is 1.12 bits per heavy atom. The van der Waals surface area contributed by atoms with Crippen molar-refractivity contribution in [3.8, 4) is 0 Å². The SMILES string of the molecule is CCCc1ccc(S(=O)(=O)NCc2ccc(C(=O)c3ccco3)s2)cc1. The lowest BCUT2D eigenvalue weighted by molar-refractivity contribution is 0.101. The molecule has 2 aromatic heterocycles. The normalized spacial score (nSPS) is 11.6. The number of hydrogen-bond donors (Lipinski definition) is 1. The van der Waals surface area contributed by atoms with E-state index in [1.165, 1.54) is 17.6 Å². The minimum Gasteiger partial charge on any atom is -0.461 e. The average molecular weight is 389 g/mol. The molecule has 5 nitrogen and oxygen atoms in total. The fourth-order valence-corrected chi connectivity index (χ4v) is 4.49. The molecule has 0 saturated heterocycles. The molecule has 0 radical (unpaired) electrons. The van der Waals surface area contributed by atoms with E-state index in [1.807, 2.05) is 12.1 Å². The molecule has 0 atom stereocenters. The first-order chi connectivity index (χ1) is 12.5. The maximum atomic E-state index is 12.4. The van der Waals surface area contributed by atoms with Gasteiger partial charge in [0.25, 0.3) is 0 Å². The first-order valence-corrected chi connectivity index (χ1v) is 10.5. The van der Waals surface area contributed by atoms with Crippen LogP contribution < -0.4 is 4.72 Å². The van der Waals surface area contributed by atoms with Crippen LogP contribution in [0.3, 0.4) is 0 Å². The number of furan rings is 1. The van der Waals surface area contributed by atoms with Crippen molar-refractivity contribution in [1.82, 2.24) is 4.72 Å². The van der Waals surface area contributed by atoms with Crippen LogP contribution in [0.4, 0.5) is 0 Å². The number of nitrogens with one attached hydrogen (secondary N) is 1. The molecular formula is C19H19NO4S2. The number of benzene rings is 1. The molecule has 1 aromatic carbocycles. The Bertz CT molecular complexity index is 971. The molecule has 0 bridgehead atoms. The Morgan fingerprint density at radius 2 is 1.88 bits per heavy atom. The van der Waals surface area contributed by atoms with Gasteiger partial charge >= 0.3 is 0 Å². The van der Waals surface area contributed by atoms with Gasteiger partial charge in [-0.1, -0.05) is 25.5 Å². The summed E-state index contributed by atoms with van der Waals surface area (Å²) >= 11 is 1.25. The first kappa shape index (κ1) is 18.6. The van der Waals surface area contributed by atoms with Gasteiger partial charge in [0.2, 0.25) is 15.8 Å². The largest absolute Gasteiger partial charge is 0.461 e. The molecule has 1 N–H and O–H groups in total. The smallest absolute Gasteiger partial charge is 0.240 e. The Balaban J connectivity index is 1.65. The van der Waals surface area contributed by atoms with Crippen LogP contribution in [0.1, 0.15) is 39.2 Å². The van der Waals surface area contributed by atoms with Crippen LogP contribution in [0.15, 0.2) is 64.1 Å². The highest BCUT2D eigenvalue weighted by Gasteiger charge is 2.17. The highest BCUT2D eigenvalue weighted by atomic mass is 32.2. The topological polar surface area (TPSA) is 76.4 Å². The number of hydrogen-bond acceptors (Lipinski definition) is 5. The highest BCUT2D eigenvalue weighted by molar-refractivity contribution is 7.89. The molecule has 7 heteroatoms. The van der Waals surface area contributed by atoms with Gasteiger partial charge in [-0.15, -0.1) is 11.3 Å². The summed E-state index contributed by atoms with van der Waals surface area (Å²) in [5.74, 6) is 0.0618. The predicted octanol–water partition coefficient (Wildman–Crippen LogP) is 4.00. The highest BCUT2D eigenvalue weighted by Crippen LogP contribution is 2.21.